The number of carbonyl (C=O) groups is 1. The summed E-state index contributed by atoms with van der Waals surface area (Å²) >= 11 is 0. The average molecular weight is 406 g/mol. The molecule has 1 aromatic heterocycles. The van der Waals surface area contributed by atoms with Crippen LogP contribution in [0.2, 0.25) is 0 Å². The molecule has 2 heterocycles. The fourth-order valence-corrected chi connectivity index (χ4v) is 4.85. The number of hydrogen-bond donors (Lipinski definition) is 2. The Morgan fingerprint density at radius 1 is 1.25 bits per heavy atom. The van der Waals surface area contributed by atoms with Crippen LogP contribution in [0.1, 0.15) is 31.1 Å². The summed E-state index contributed by atoms with van der Waals surface area (Å²) in [7, 11) is -3.58. The molecule has 0 atom stereocenters. The molecule has 2 aromatic rings. The van der Waals surface area contributed by atoms with Gasteiger partial charge < -0.3 is 9.73 Å². The van der Waals surface area contributed by atoms with Crippen LogP contribution in [-0.4, -0.2) is 38.9 Å². The number of sulfonamides is 1. The van der Waals surface area contributed by atoms with Gasteiger partial charge >= 0.3 is 0 Å². The fraction of sp³-hybridized carbons (Fsp3) is 0.450. The van der Waals surface area contributed by atoms with E-state index in [0.29, 0.717) is 23.7 Å². The van der Waals surface area contributed by atoms with Gasteiger partial charge in [0.05, 0.1) is 17.7 Å². The first-order valence-corrected chi connectivity index (χ1v) is 10.9. The maximum atomic E-state index is 12.7. The van der Waals surface area contributed by atoms with Gasteiger partial charge in [-0.2, -0.15) is 0 Å². The smallest absolute Gasteiger partial charge is 0.240 e. The molecule has 7 nitrogen and oxygen atoms in total. The number of furan rings is 1. The standard InChI is InChI=1S/C20H27N3O4S/c1-15-12-18(22-16(2)24)5-6-20(15)28(25,26)21-13-17-7-9-23(10-8-17)14-19-4-3-11-27-19/h3-6,11-12,17,21H,7-10,13-14H2,1-2H3,(H,22,24). The SMILES string of the molecule is CC(=O)Nc1ccc(S(=O)(=O)NCC2CCN(Cc3ccco3)CC2)c(C)c1. The van der Waals surface area contributed by atoms with Crippen LogP contribution in [0.25, 0.3) is 0 Å². The van der Waals surface area contributed by atoms with Crippen molar-refractivity contribution in [3.8, 4) is 0 Å². The van der Waals surface area contributed by atoms with Gasteiger partial charge in [-0.25, -0.2) is 13.1 Å². The zero-order valence-corrected chi connectivity index (χ0v) is 17.1. The molecule has 1 aromatic carbocycles. The van der Waals surface area contributed by atoms with Crippen LogP contribution >= 0.6 is 0 Å². The summed E-state index contributed by atoms with van der Waals surface area (Å²) < 4.78 is 33.5. The first-order chi connectivity index (χ1) is 13.3. The lowest BCUT2D eigenvalue weighted by molar-refractivity contribution is -0.114. The van der Waals surface area contributed by atoms with Gasteiger partial charge in [-0.1, -0.05) is 0 Å². The van der Waals surface area contributed by atoms with Crippen molar-refractivity contribution in [2.75, 3.05) is 25.0 Å². The molecule has 0 radical (unpaired) electrons. The molecular formula is C20H27N3O4S. The molecule has 0 bridgehead atoms. The molecule has 0 spiro atoms. The van der Waals surface area contributed by atoms with Gasteiger partial charge in [0, 0.05) is 19.2 Å². The minimum absolute atomic E-state index is 0.188. The Morgan fingerprint density at radius 3 is 2.61 bits per heavy atom. The number of nitrogens with one attached hydrogen (secondary N) is 2. The number of nitrogens with zero attached hydrogens (tertiary/aromatic N) is 1. The van der Waals surface area contributed by atoms with Crippen molar-refractivity contribution in [3.63, 3.8) is 0 Å². The summed E-state index contributed by atoms with van der Waals surface area (Å²) in [5, 5.41) is 2.66. The Bertz CT molecular complexity index is 902. The molecule has 0 saturated carbocycles. The minimum Gasteiger partial charge on any atom is -0.468 e. The van der Waals surface area contributed by atoms with Crippen molar-refractivity contribution in [2.45, 2.75) is 38.1 Å². The molecule has 2 N–H and O–H groups in total. The zero-order valence-electron chi connectivity index (χ0n) is 16.3. The molecule has 1 aliphatic heterocycles. The van der Waals surface area contributed by atoms with Crippen molar-refractivity contribution in [1.29, 1.82) is 0 Å². The van der Waals surface area contributed by atoms with E-state index in [1.807, 2.05) is 12.1 Å². The fourth-order valence-electron chi connectivity index (χ4n) is 3.51. The van der Waals surface area contributed by atoms with Crippen LogP contribution in [0, 0.1) is 12.8 Å². The number of aryl methyl sites for hydroxylation is 1. The van der Waals surface area contributed by atoms with Crippen LogP contribution in [0.5, 0.6) is 0 Å². The summed E-state index contributed by atoms with van der Waals surface area (Å²) in [5.41, 5.74) is 1.19. The van der Waals surface area contributed by atoms with Crippen LogP contribution in [0.15, 0.2) is 45.9 Å². The van der Waals surface area contributed by atoms with Gasteiger partial charge in [0.15, 0.2) is 0 Å². The van der Waals surface area contributed by atoms with E-state index in [1.165, 1.54) is 13.0 Å². The Kier molecular flexibility index (Phi) is 6.53. The molecule has 1 saturated heterocycles. The summed E-state index contributed by atoms with van der Waals surface area (Å²) in [6.07, 6.45) is 3.58. The summed E-state index contributed by atoms with van der Waals surface area (Å²) in [6, 6.07) is 8.68. The Hall–Kier alpha value is -2.16. The summed E-state index contributed by atoms with van der Waals surface area (Å²) in [4.78, 5) is 13.7. The van der Waals surface area contributed by atoms with Gasteiger partial charge in [0.25, 0.3) is 0 Å². The van der Waals surface area contributed by atoms with E-state index in [1.54, 1.807) is 25.3 Å². The minimum atomic E-state index is -3.58. The number of amides is 1. The quantitative estimate of drug-likeness (QED) is 0.739. The van der Waals surface area contributed by atoms with Gasteiger partial charge in [0.2, 0.25) is 15.9 Å². The summed E-state index contributed by atoms with van der Waals surface area (Å²) in [5.74, 6) is 1.09. The highest BCUT2D eigenvalue weighted by Gasteiger charge is 2.23. The highest BCUT2D eigenvalue weighted by Crippen LogP contribution is 2.22. The van der Waals surface area contributed by atoms with E-state index in [0.717, 1.165) is 38.2 Å². The highest BCUT2D eigenvalue weighted by molar-refractivity contribution is 7.89. The summed E-state index contributed by atoms with van der Waals surface area (Å²) in [6.45, 7) is 6.23. The monoisotopic (exact) mass is 405 g/mol. The van der Waals surface area contributed by atoms with E-state index < -0.39 is 10.0 Å². The lowest BCUT2D eigenvalue weighted by atomic mass is 9.97. The van der Waals surface area contributed by atoms with Crippen LogP contribution < -0.4 is 10.0 Å². The van der Waals surface area contributed by atoms with Crippen molar-refractivity contribution in [1.82, 2.24) is 9.62 Å². The Morgan fingerprint density at radius 2 is 2.00 bits per heavy atom. The number of benzene rings is 1. The molecule has 152 valence electrons. The second-order valence-corrected chi connectivity index (χ2v) is 9.05. The number of anilines is 1. The normalized spacial score (nSPS) is 16.2. The number of hydrogen-bond acceptors (Lipinski definition) is 5. The van der Waals surface area contributed by atoms with E-state index in [-0.39, 0.29) is 10.8 Å². The molecule has 1 amide bonds. The van der Waals surface area contributed by atoms with Crippen molar-refractivity contribution >= 4 is 21.6 Å². The van der Waals surface area contributed by atoms with Crippen molar-refractivity contribution < 1.29 is 17.6 Å². The van der Waals surface area contributed by atoms with Crippen LogP contribution in [0.3, 0.4) is 0 Å². The molecular weight excluding hydrogens is 378 g/mol. The Labute approximate surface area is 166 Å². The largest absolute Gasteiger partial charge is 0.468 e. The number of piperidine rings is 1. The lowest BCUT2D eigenvalue weighted by Gasteiger charge is -2.31. The predicted molar refractivity (Wildman–Crippen MR) is 107 cm³/mol. The third-order valence-electron chi connectivity index (χ3n) is 5.01. The second-order valence-electron chi connectivity index (χ2n) is 7.31. The van der Waals surface area contributed by atoms with Gasteiger partial charge in [-0.15, -0.1) is 0 Å². The van der Waals surface area contributed by atoms with Gasteiger partial charge in [-0.3, -0.25) is 9.69 Å². The lowest BCUT2D eigenvalue weighted by Crippen LogP contribution is -2.38. The predicted octanol–water partition coefficient (Wildman–Crippen LogP) is 2.74. The molecule has 1 aliphatic rings. The van der Waals surface area contributed by atoms with E-state index in [4.69, 9.17) is 4.42 Å². The van der Waals surface area contributed by atoms with Gasteiger partial charge in [-0.05, 0) is 74.7 Å². The van der Waals surface area contributed by atoms with E-state index >= 15 is 0 Å². The van der Waals surface area contributed by atoms with Crippen molar-refractivity contribution in [3.05, 3.63) is 47.9 Å². The zero-order chi connectivity index (χ0) is 20.1. The average Bonchev–Trinajstić information content (AvgIpc) is 3.13. The number of likely N-dealkylation sites (tertiary alicyclic amines) is 1. The second kappa shape index (κ2) is 8.89. The topological polar surface area (TPSA) is 91.6 Å². The first kappa shape index (κ1) is 20.6. The molecule has 28 heavy (non-hydrogen) atoms. The molecule has 1 fully saturated rings. The third-order valence-corrected chi connectivity index (χ3v) is 6.60. The maximum Gasteiger partial charge on any atom is 0.240 e. The molecule has 8 heteroatoms. The Balaban J connectivity index is 1.52. The molecule has 0 aliphatic carbocycles. The van der Waals surface area contributed by atoms with Crippen LogP contribution in [-0.2, 0) is 21.4 Å². The number of carbonyl (C=O) groups excluding carboxylic acids is 1. The van der Waals surface area contributed by atoms with E-state index in [2.05, 4.69) is 14.9 Å². The molecule has 0 unspecified atom stereocenters. The highest BCUT2D eigenvalue weighted by atomic mass is 32.2. The van der Waals surface area contributed by atoms with Gasteiger partial charge in [0.1, 0.15) is 5.76 Å². The van der Waals surface area contributed by atoms with Crippen LogP contribution in [0.4, 0.5) is 5.69 Å². The van der Waals surface area contributed by atoms with E-state index in [9.17, 15) is 13.2 Å². The van der Waals surface area contributed by atoms with Crippen molar-refractivity contribution in [2.24, 2.45) is 5.92 Å². The molecule has 3 rings (SSSR count). The third kappa shape index (κ3) is 5.43. The first-order valence-electron chi connectivity index (χ1n) is 9.46. The maximum absolute atomic E-state index is 12.7. The number of rotatable bonds is 7.